The van der Waals surface area contributed by atoms with Gasteiger partial charge in [-0.05, 0) is 61.6 Å². The van der Waals surface area contributed by atoms with Crippen LogP contribution in [0.1, 0.15) is 50.1 Å². The summed E-state index contributed by atoms with van der Waals surface area (Å²) >= 11 is 0. The monoisotopic (exact) mass is 479 g/mol. The smallest absolute Gasteiger partial charge is 0.321 e. The normalized spacial score (nSPS) is 21.6. The van der Waals surface area contributed by atoms with Gasteiger partial charge in [-0.3, -0.25) is 4.79 Å². The zero-order chi connectivity index (χ0) is 24.4. The lowest BCUT2D eigenvalue weighted by Gasteiger charge is -2.42. The van der Waals surface area contributed by atoms with E-state index in [2.05, 4.69) is 16.0 Å². The third kappa shape index (κ3) is 5.13. The number of urea groups is 2. The predicted octanol–water partition coefficient (Wildman–Crippen LogP) is 3.96. The van der Waals surface area contributed by atoms with E-state index in [-0.39, 0.29) is 35.5 Å². The summed E-state index contributed by atoms with van der Waals surface area (Å²) in [6.45, 7) is 1.67. The van der Waals surface area contributed by atoms with Crippen molar-refractivity contribution in [2.75, 3.05) is 30.8 Å². The van der Waals surface area contributed by atoms with E-state index < -0.39 is 0 Å². The summed E-state index contributed by atoms with van der Waals surface area (Å²) in [7, 11) is 1.61. The molecule has 2 aromatic rings. The van der Waals surface area contributed by atoms with Gasteiger partial charge in [0.2, 0.25) is 0 Å². The van der Waals surface area contributed by atoms with Crippen molar-refractivity contribution in [1.82, 2.24) is 14.8 Å². The molecular formula is C26H33N5O4. The average Bonchev–Trinajstić information content (AvgIpc) is 2.87. The quantitative estimate of drug-likeness (QED) is 0.617. The molecule has 0 unspecified atom stereocenters. The number of fused-ring (bicyclic) bond motifs is 4. The van der Waals surface area contributed by atoms with Crippen LogP contribution < -0.4 is 26.2 Å². The largest absolute Gasteiger partial charge is 0.497 e. The van der Waals surface area contributed by atoms with Crippen LogP contribution in [0.25, 0.3) is 0 Å². The number of nitrogens with one attached hydrogen (secondary N) is 3. The SMILES string of the molecule is COc1ccc(NC(=O)N2C[C@@H]3C[C@H](C2)c2ccc(NC(=O)NC4CCCCC4)c(=O)n2C3)cc1. The summed E-state index contributed by atoms with van der Waals surface area (Å²) in [5, 5.41) is 8.73. The zero-order valence-corrected chi connectivity index (χ0v) is 20.1. The maximum atomic E-state index is 13.2. The molecule has 2 aliphatic heterocycles. The molecule has 1 saturated carbocycles. The van der Waals surface area contributed by atoms with Gasteiger partial charge in [0.05, 0.1) is 7.11 Å². The van der Waals surface area contributed by atoms with Crippen molar-refractivity contribution in [3.63, 3.8) is 0 Å². The van der Waals surface area contributed by atoms with Crippen LogP contribution in [0.3, 0.4) is 0 Å². The molecule has 1 saturated heterocycles. The lowest BCUT2D eigenvalue weighted by atomic mass is 9.83. The first-order valence-electron chi connectivity index (χ1n) is 12.5. The summed E-state index contributed by atoms with van der Waals surface area (Å²) < 4.78 is 6.96. The van der Waals surface area contributed by atoms with E-state index in [9.17, 15) is 14.4 Å². The number of hydrogen-bond donors (Lipinski definition) is 3. The van der Waals surface area contributed by atoms with E-state index in [4.69, 9.17) is 4.74 Å². The molecule has 0 spiro atoms. The Labute approximate surface area is 204 Å². The highest BCUT2D eigenvalue weighted by Crippen LogP contribution is 2.35. The van der Waals surface area contributed by atoms with Crippen LogP contribution in [0.15, 0.2) is 41.2 Å². The number of aromatic nitrogens is 1. The minimum atomic E-state index is -0.313. The lowest BCUT2D eigenvalue weighted by Crippen LogP contribution is -2.50. The molecule has 3 N–H and O–H groups in total. The first-order valence-corrected chi connectivity index (χ1v) is 12.5. The van der Waals surface area contributed by atoms with Crippen LogP contribution in [0.2, 0.25) is 0 Å². The molecular weight excluding hydrogens is 446 g/mol. The van der Waals surface area contributed by atoms with E-state index >= 15 is 0 Å². The molecule has 3 aliphatic rings. The molecule has 5 rings (SSSR count). The van der Waals surface area contributed by atoms with Crippen molar-refractivity contribution < 1.29 is 14.3 Å². The number of rotatable bonds is 4. The number of nitrogens with zero attached hydrogens (tertiary/aromatic N) is 2. The Morgan fingerprint density at radius 3 is 2.46 bits per heavy atom. The molecule has 3 heterocycles. The fourth-order valence-electron chi connectivity index (χ4n) is 5.67. The standard InChI is InChI=1S/C26H33N5O4/c1-35-21-9-7-20(8-10-21)28-26(34)30-14-17-13-18(16-30)23-12-11-22(24(32)31(23)15-17)29-25(33)27-19-5-3-2-4-6-19/h7-12,17-19H,2-6,13-16H2,1H3,(H,28,34)(H2,27,29,33)/t17-,18+/m0/s1. The van der Waals surface area contributed by atoms with E-state index in [0.29, 0.717) is 31.0 Å². The Hall–Kier alpha value is -3.49. The first kappa shape index (κ1) is 23.3. The number of hydrogen-bond acceptors (Lipinski definition) is 4. The summed E-state index contributed by atoms with van der Waals surface area (Å²) in [5.41, 5.74) is 1.76. The number of methoxy groups -OCH3 is 1. The fraction of sp³-hybridized carbons (Fsp3) is 0.500. The van der Waals surface area contributed by atoms with Gasteiger partial charge in [-0.15, -0.1) is 0 Å². The summed E-state index contributed by atoms with van der Waals surface area (Å²) in [4.78, 5) is 40.4. The van der Waals surface area contributed by atoms with Crippen molar-refractivity contribution in [2.24, 2.45) is 5.92 Å². The number of piperidine rings is 1. The van der Waals surface area contributed by atoms with Crippen molar-refractivity contribution in [3.8, 4) is 5.75 Å². The van der Waals surface area contributed by atoms with Gasteiger partial charge in [0.15, 0.2) is 0 Å². The van der Waals surface area contributed by atoms with Crippen LogP contribution >= 0.6 is 0 Å². The van der Waals surface area contributed by atoms with E-state index in [1.54, 1.807) is 17.7 Å². The molecule has 1 aliphatic carbocycles. The van der Waals surface area contributed by atoms with Gasteiger partial charge < -0.3 is 30.2 Å². The van der Waals surface area contributed by atoms with E-state index in [1.165, 1.54) is 6.42 Å². The topological polar surface area (TPSA) is 105 Å². The van der Waals surface area contributed by atoms with Gasteiger partial charge in [-0.1, -0.05) is 19.3 Å². The molecule has 2 atom stereocenters. The lowest BCUT2D eigenvalue weighted by molar-refractivity contribution is 0.139. The fourth-order valence-corrected chi connectivity index (χ4v) is 5.67. The van der Waals surface area contributed by atoms with Crippen molar-refractivity contribution in [2.45, 2.75) is 57.0 Å². The van der Waals surface area contributed by atoms with Gasteiger partial charge in [-0.25, -0.2) is 9.59 Å². The average molecular weight is 480 g/mol. The number of carbonyl (C=O) groups is 2. The molecule has 4 amide bonds. The number of ether oxygens (including phenoxy) is 1. The number of likely N-dealkylation sites (tertiary alicyclic amines) is 1. The Bertz CT molecular complexity index is 1140. The summed E-state index contributed by atoms with van der Waals surface area (Å²) in [6.07, 6.45) is 6.40. The van der Waals surface area contributed by atoms with Crippen molar-refractivity contribution in [1.29, 1.82) is 0 Å². The molecule has 2 bridgehead atoms. The van der Waals surface area contributed by atoms with Crippen LogP contribution in [0.5, 0.6) is 5.75 Å². The number of carbonyl (C=O) groups excluding carboxylic acids is 2. The number of pyridine rings is 1. The third-order valence-electron chi connectivity index (χ3n) is 7.42. The zero-order valence-electron chi connectivity index (χ0n) is 20.1. The maximum Gasteiger partial charge on any atom is 0.321 e. The highest BCUT2D eigenvalue weighted by molar-refractivity contribution is 5.90. The molecule has 2 fully saturated rings. The Balaban J connectivity index is 1.25. The van der Waals surface area contributed by atoms with Crippen LogP contribution in [-0.2, 0) is 6.54 Å². The van der Waals surface area contributed by atoms with Crippen LogP contribution in [0.4, 0.5) is 21.0 Å². The molecule has 1 aromatic carbocycles. The number of benzene rings is 1. The number of amides is 4. The Kier molecular flexibility index (Phi) is 6.66. The van der Waals surface area contributed by atoms with Gasteiger partial charge >= 0.3 is 12.1 Å². The molecule has 9 nitrogen and oxygen atoms in total. The van der Waals surface area contributed by atoms with E-state index in [0.717, 1.165) is 43.5 Å². The molecule has 35 heavy (non-hydrogen) atoms. The second-order valence-corrected chi connectivity index (χ2v) is 9.88. The molecule has 0 radical (unpaired) electrons. The van der Waals surface area contributed by atoms with Crippen molar-refractivity contribution >= 4 is 23.4 Å². The minimum Gasteiger partial charge on any atom is -0.497 e. The summed E-state index contributed by atoms with van der Waals surface area (Å²) in [6, 6.07) is 10.6. The van der Waals surface area contributed by atoms with Gasteiger partial charge in [-0.2, -0.15) is 0 Å². The van der Waals surface area contributed by atoms with Crippen LogP contribution in [0, 0.1) is 5.92 Å². The summed E-state index contributed by atoms with van der Waals surface area (Å²) in [5.74, 6) is 1.01. The van der Waals surface area contributed by atoms with Crippen molar-refractivity contribution in [3.05, 3.63) is 52.4 Å². The predicted molar refractivity (Wildman–Crippen MR) is 134 cm³/mol. The molecule has 9 heteroatoms. The second kappa shape index (κ2) is 10.0. The Morgan fingerprint density at radius 1 is 0.943 bits per heavy atom. The van der Waals surface area contributed by atoms with Gasteiger partial charge in [0.1, 0.15) is 11.4 Å². The van der Waals surface area contributed by atoms with E-state index in [1.807, 2.05) is 35.2 Å². The van der Waals surface area contributed by atoms with Gasteiger partial charge in [0, 0.05) is 43.0 Å². The highest BCUT2D eigenvalue weighted by Gasteiger charge is 2.37. The minimum absolute atomic E-state index is 0.0851. The van der Waals surface area contributed by atoms with Gasteiger partial charge in [0.25, 0.3) is 5.56 Å². The second-order valence-electron chi connectivity index (χ2n) is 9.88. The Morgan fingerprint density at radius 2 is 1.71 bits per heavy atom. The third-order valence-corrected chi connectivity index (χ3v) is 7.42. The first-order chi connectivity index (χ1) is 17.0. The highest BCUT2D eigenvalue weighted by atomic mass is 16.5. The van der Waals surface area contributed by atoms with Crippen LogP contribution in [-0.4, -0.2) is 47.8 Å². The number of anilines is 2. The molecule has 1 aromatic heterocycles. The molecule has 186 valence electrons. The maximum absolute atomic E-state index is 13.2.